The second-order valence-corrected chi connectivity index (χ2v) is 6.70. The van der Waals surface area contributed by atoms with Crippen molar-refractivity contribution in [3.05, 3.63) is 23.2 Å². The maximum absolute atomic E-state index is 11.5. The Hall–Kier alpha value is -0.780. The van der Waals surface area contributed by atoms with Gasteiger partial charge in [0.1, 0.15) is 0 Å². The molecule has 1 N–H and O–H groups in total. The third-order valence-electron chi connectivity index (χ3n) is 2.25. The Morgan fingerprint density at radius 1 is 1.39 bits per heavy atom. The molecule has 0 aromatic heterocycles. The van der Waals surface area contributed by atoms with Gasteiger partial charge in [-0.25, -0.2) is 8.42 Å². The second kappa shape index (κ2) is 6.41. The summed E-state index contributed by atoms with van der Waals surface area (Å²) in [4.78, 5) is 11.4. The SMILES string of the molecule is CCCCC(=O)Nc1ccc(S(=O)(=O)Cl)cc1Cl. The molecule has 0 aliphatic rings. The fourth-order valence-corrected chi connectivity index (χ4v) is 2.37. The van der Waals surface area contributed by atoms with Crippen LogP contribution in [-0.4, -0.2) is 14.3 Å². The highest BCUT2D eigenvalue weighted by atomic mass is 35.7. The Morgan fingerprint density at radius 2 is 2.06 bits per heavy atom. The van der Waals surface area contributed by atoms with Gasteiger partial charge in [-0.3, -0.25) is 4.79 Å². The van der Waals surface area contributed by atoms with Gasteiger partial charge in [-0.15, -0.1) is 0 Å². The fraction of sp³-hybridized carbons (Fsp3) is 0.364. The van der Waals surface area contributed by atoms with E-state index in [4.69, 9.17) is 22.3 Å². The van der Waals surface area contributed by atoms with Gasteiger partial charge in [0.25, 0.3) is 9.05 Å². The predicted molar refractivity (Wildman–Crippen MR) is 72.6 cm³/mol. The Bertz CT molecular complexity index is 543. The van der Waals surface area contributed by atoms with Crippen molar-refractivity contribution in [2.24, 2.45) is 0 Å². The molecule has 0 unspecified atom stereocenters. The first-order chi connectivity index (χ1) is 8.34. The van der Waals surface area contributed by atoms with Gasteiger partial charge in [-0.1, -0.05) is 24.9 Å². The van der Waals surface area contributed by atoms with E-state index in [1.807, 2.05) is 6.92 Å². The third kappa shape index (κ3) is 4.48. The summed E-state index contributed by atoms with van der Waals surface area (Å²) in [6.07, 6.45) is 2.12. The number of unbranched alkanes of at least 4 members (excludes halogenated alkanes) is 1. The maximum atomic E-state index is 11.5. The van der Waals surface area contributed by atoms with Gasteiger partial charge < -0.3 is 5.32 Å². The normalized spacial score (nSPS) is 11.3. The molecule has 1 rings (SSSR count). The number of halogens is 2. The van der Waals surface area contributed by atoms with E-state index >= 15 is 0 Å². The first-order valence-corrected chi connectivity index (χ1v) is 8.07. The molecular formula is C11H13Cl2NO3S. The van der Waals surface area contributed by atoms with Crippen LogP contribution >= 0.6 is 22.3 Å². The smallest absolute Gasteiger partial charge is 0.261 e. The van der Waals surface area contributed by atoms with Crippen LogP contribution in [0, 0.1) is 0 Å². The number of carbonyl (C=O) groups is 1. The number of anilines is 1. The lowest BCUT2D eigenvalue weighted by atomic mass is 10.2. The Morgan fingerprint density at radius 3 is 2.56 bits per heavy atom. The van der Waals surface area contributed by atoms with E-state index in [1.54, 1.807) is 0 Å². The van der Waals surface area contributed by atoms with Crippen molar-refractivity contribution in [3.8, 4) is 0 Å². The number of nitrogens with one attached hydrogen (secondary N) is 1. The molecule has 0 atom stereocenters. The average Bonchev–Trinajstić information content (AvgIpc) is 2.27. The molecule has 0 heterocycles. The molecule has 0 radical (unpaired) electrons. The lowest BCUT2D eigenvalue weighted by Gasteiger charge is -2.07. The number of hydrogen-bond donors (Lipinski definition) is 1. The molecule has 0 saturated carbocycles. The van der Waals surface area contributed by atoms with E-state index in [0.29, 0.717) is 12.1 Å². The van der Waals surface area contributed by atoms with Gasteiger partial charge in [0.05, 0.1) is 15.6 Å². The highest BCUT2D eigenvalue weighted by Crippen LogP contribution is 2.27. The van der Waals surface area contributed by atoms with Crippen LogP contribution in [0.2, 0.25) is 5.02 Å². The van der Waals surface area contributed by atoms with Crippen LogP contribution in [0.3, 0.4) is 0 Å². The van der Waals surface area contributed by atoms with E-state index in [2.05, 4.69) is 5.32 Å². The van der Waals surface area contributed by atoms with Crippen LogP contribution in [-0.2, 0) is 13.8 Å². The number of rotatable bonds is 5. The van der Waals surface area contributed by atoms with E-state index in [0.717, 1.165) is 12.8 Å². The molecule has 7 heteroatoms. The first-order valence-electron chi connectivity index (χ1n) is 5.38. The zero-order chi connectivity index (χ0) is 13.8. The summed E-state index contributed by atoms with van der Waals surface area (Å²) >= 11 is 5.88. The zero-order valence-electron chi connectivity index (χ0n) is 9.74. The summed E-state index contributed by atoms with van der Waals surface area (Å²) in [7, 11) is 1.37. The first kappa shape index (κ1) is 15.3. The lowest BCUT2D eigenvalue weighted by Crippen LogP contribution is -2.11. The Kier molecular flexibility index (Phi) is 5.44. The van der Waals surface area contributed by atoms with E-state index in [-0.39, 0.29) is 15.8 Å². The number of benzene rings is 1. The van der Waals surface area contributed by atoms with Gasteiger partial charge in [0.15, 0.2) is 0 Å². The van der Waals surface area contributed by atoms with Gasteiger partial charge in [-0.2, -0.15) is 0 Å². The number of amides is 1. The van der Waals surface area contributed by atoms with Gasteiger partial charge in [0.2, 0.25) is 5.91 Å². The monoisotopic (exact) mass is 309 g/mol. The molecule has 1 amide bonds. The molecule has 0 spiro atoms. The van der Waals surface area contributed by atoms with Crippen LogP contribution < -0.4 is 5.32 Å². The molecular weight excluding hydrogens is 297 g/mol. The average molecular weight is 310 g/mol. The molecule has 0 saturated heterocycles. The minimum absolute atomic E-state index is 0.0966. The minimum atomic E-state index is -3.81. The molecule has 0 aliphatic carbocycles. The lowest BCUT2D eigenvalue weighted by molar-refractivity contribution is -0.116. The predicted octanol–water partition coefficient (Wildman–Crippen LogP) is 3.40. The van der Waals surface area contributed by atoms with Gasteiger partial charge in [0, 0.05) is 17.1 Å². The number of hydrogen-bond acceptors (Lipinski definition) is 3. The topological polar surface area (TPSA) is 63.2 Å². The van der Waals surface area contributed by atoms with Gasteiger partial charge in [-0.05, 0) is 24.6 Å². The van der Waals surface area contributed by atoms with Crippen molar-refractivity contribution in [1.29, 1.82) is 0 Å². The van der Waals surface area contributed by atoms with E-state index in [9.17, 15) is 13.2 Å². The molecule has 1 aromatic carbocycles. The summed E-state index contributed by atoms with van der Waals surface area (Å²) in [6, 6.07) is 3.92. The second-order valence-electron chi connectivity index (χ2n) is 3.73. The Balaban J connectivity index is 2.84. The van der Waals surface area contributed by atoms with E-state index in [1.165, 1.54) is 18.2 Å². The fourth-order valence-electron chi connectivity index (χ4n) is 1.30. The summed E-state index contributed by atoms with van der Waals surface area (Å²) in [6.45, 7) is 1.99. The molecule has 18 heavy (non-hydrogen) atoms. The molecule has 0 aliphatic heterocycles. The highest BCUT2D eigenvalue weighted by Gasteiger charge is 2.13. The van der Waals surface area contributed by atoms with E-state index < -0.39 is 9.05 Å². The van der Waals surface area contributed by atoms with Crippen molar-refractivity contribution in [2.75, 3.05) is 5.32 Å². The summed E-state index contributed by atoms with van der Waals surface area (Å²) in [5, 5.41) is 2.76. The minimum Gasteiger partial charge on any atom is -0.325 e. The molecule has 4 nitrogen and oxygen atoms in total. The van der Waals surface area contributed by atoms with Crippen molar-refractivity contribution < 1.29 is 13.2 Å². The third-order valence-corrected chi connectivity index (χ3v) is 3.92. The largest absolute Gasteiger partial charge is 0.325 e. The van der Waals surface area contributed by atoms with Crippen LogP contribution in [0.25, 0.3) is 0 Å². The summed E-state index contributed by atoms with van der Waals surface area (Å²) < 4.78 is 22.2. The summed E-state index contributed by atoms with van der Waals surface area (Å²) in [5.41, 5.74) is 0.377. The van der Waals surface area contributed by atoms with Crippen LogP contribution in [0.5, 0.6) is 0 Å². The zero-order valence-corrected chi connectivity index (χ0v) is 12.1. The number of carbonyl (C=O) groups excluding carboxylic acids is 1. The van der Waals surface area contributed by atoms with Crippen molar-refractivity contribution in [1.82, 2.24) is 0 Å². The van der Waals surface area contributed by atoms with Crippen molar-refractivity contribution >= 4 is 42.9 Å². The molecule has 0 fully saturated rings. The van der Waals surface area contributed by atoms with Crippen LogP contribution in [0.4, 0.5) is 5.69 Å². The quantitative estimate of drug-likeness (QED) is 0.848. The van der Waals surface area contributed by atoms with Gasteiger partial charge >= 0.3 is 0 Å². The highest BCUT2D eigenvalue weighted by molar-refractivity contribution is 8.13. The Labute approximate surface area is 116 Å². The van der Waals surface area contributed by atoms with Crippen molar-refractivity contribution in [2.45, 2.75) is 31.1 Å². The summed E-state index contributed by atoms with van der Waals surface area (Å²) in [5.74, 6) is -0.153. The molecule has 100 valence electrons. The van der Waals surface area contributed by atoms with Crippen LogP contribution in [0.15, 0.2) is 23.1 Å². The molecule has 0 bridgehead atoms. The van der Waals surface area contributed by atoms with Crippen LogP contribution in [0.1, 0.15) is 26.2 Å². The van der Waals surface area contributed by atoms with Crippen molar-refractivity contribution in [3.63, 3.8) is 0 Å². The molecule has 1 aromatic rings. The maximum Gasteiger partial charge on any atom is 0.261 e. The standard InChI is InChI=1S/C11H13Cl2NO3S/c1-2-3-4-11(15)14-10-6-5-8(7-9(10)12)18(13,16)17/h5-7H,2-4H2,1H3,(H,14,15).